The first-order valence-corrected chi connectivity index (χ1v) is 9.78. The summed E-state index contributed by atoms with van der Waals surface area (Å²) in [5.41, 5.74) is 0. The van der Waals surface area contributed by atoms with Crippen molar-refractivity contribution in [2.75, 3.05) is 18.8 Å². The van der Waals surface area contributed by atoms with Crippen LogP contribution in [0, 0.1) is 5.92 Å². The summed E-state index contributed by atoms with van der Waals surface area (Å²) in [6.07, 6.45) is 3.24. The number of thiophene rings is 1. The van der Waals surface area contributed by atoms with Crippen molar-refractivity contribution >= 4 is 29.0 Å². The second-order valence-corrected chi connectivity index (χ2v) is 7.86. The molecule has 2 aromatic rings. The van der Waals surface area contributed by atoms with E-state index in [1.165, 1.54) is 23.1 Å². The molecule has 1 aliphatic heterocycles. The molecule has 0 N–H and O–H groups in total. The second kappa shape index (κ2) is 7.92. The Morgan fingerprint density at radius 2 is 2.43 bits per heavy atom. The molecule has 1 atom stereocenters. The van der Waals surface area contributed by atoms with Gasteiger partial charge in [0.15, 0.2) is 0 Å². The van der Waals surface area contributed by atoms with Gasteiger partial charge in [-0.2, -0.15) is 0 Å². The molecule has 0 spiro atoms. The number of aromatic nitrogens is 4. The van der Waals surface area contributed by atoms with Crippen LogP contribution in [0.5, 0.6) is 0 Å². The zero-order valence-corrected chi connectivity index (χ0v) is 14.9. The molecule has 1 amide bonds. The summed E-state index contributed by atoms with van der Waals surface area (Å²) in [5, 5.41) is 14.6. The van der Waals surface area contributed by atoms with Crippen LogP contribution in [0.4, 0.5) is 0 Å². The van der Waals surface area contributed by atoms with E-state index in [9.17, 15) is 4.79 Å². The van der Waals surface area contributed by atoms with Crippen LogP contribution in [0.1, 0.15) is 24.6 Å². The lowest BCUT2D eigenvalue weighted by Crippen LogP contribution is -2.40. The first-order chi connectivity index (χ1) is 11.2. The minimum absolute atomic E-state index is 0.189. The smallest absolute Gasteiger partial charge is 0.233 e. The van der Waals surface area contributed by atoms with E-state index in [0.29, 0.717) is 11.7 Å². The van der Waals surface area contributed by atoms with Gasteiger partial charge in [0.25, 0.3) is 0 Å². The zero-order chi connectivity index (χ0) is 16.1. The van der Waals surface area contributed by atoms with Crippen LogP contribution in [0.25, 0.3) is 0 Å². The number of carbonyl (C=O) groups is 1. The van der Waals surface area contributed by atoms with Crippen LogP contribution < -0.4 is 0 Å². The highest BCUT2D eigenvalue weighted by atomic mass is 32.2. The fourth-order valence-electron chi connectivity index (χ4n) is 2.74. The van der Waals surface area contributed by atoms with E-state index < -0.39 is 0 Å². The highest BCUT2D eigenvalue weighted by Gasteiger charge is 2.21. The van der Waals surface area contributed by atoms with Crippen molar-refractivity contribution in [2.24, 2.45) is 5.92 Å². The number of thioether (sulfide) groups is 1. The first kappa shape index (κ1) is 16.4. The third-order valence-corrected chi connectivity index (χ3v) is 5.86. The van der Waals surface area contributed by atoms with Gasteiger partial charge in [-0.1, -0.05) is 24.8 Å². The molecule has 1 aliphatic rings. The molecule has 1 unspecified atom stereocenters. The summed E-state index contributed by atoms with van der Waals surface area (Å²) in [6.45, 7) is 4.71. The van der Waals surface area contributed by atoms with Crippen LogP contribution in [0.2, 0.25) is 0 Å². The first-order valence-electron chi connectivity index (χ1n) is 7.91. The SMILES string of the molecule is CC1CCCN(C(=O)CSc2nnnn2CCc2cccs2)C1. The molecule has 8 heteroatoms. The lowest BCUT2D eigenvalue weighted by atomic mass is 10.0. The molecule has 2 aromatic heterocycles. The maximum Gasteiger partial charge on any atom is 0.233 e. The molecule has 6 nitrogen and oxygen atoms in total. The van der Waals surface area contributed by atoms with Crippen LogP contribution >= 0.6 is 23.1 Å². The Labute approximate surface area is 144 Å². The average molecular weight is 352 g/mol. The van der Waals surface area contributed by atoms with E-state index >= 15 is 0 Å². The fourth-order valence-corrected chi connectivity index (χ4v) is 4.25. The van der Waals surface area contributed by atoms with E-state index in [4.69, 9.17) is 0 Å². The molecule has 124 valence electrons. The van der Waals surface area contributed by atoms with Crippen molar-refractivity contribution in [1.82, 2.24) is 25.1 Å². The summed E-state index contributed by atoms with van der Waals surface area (Å²) >= 11 is 3.17. The third kappa shape index (κ3) is 4.54. The summed E-state index contributed by atoms with van der Waals surface area (Å²) in [5.74, 6) is 1.20. The number of nitrogens with zero attached hydrogens (tertiary/aromatic N) is 5. The number of hydrogen-bond acceptors (Lipinski definition) is 6. The van der Waals surface area contributed by atoms with E-state index in [1.54, 1.807) is 16.0 Å². The van der Waals surface area contributed by atoms with E-state index in [2.05, 4.69) is 33.9 Å². The molecule has 1 saturated heterocycles. The minimum atomic E-state index is 0.189. The molecule has 0 saturated carbocycles. The summed E-state index contributed by atoms with van der Waals surface area (Å²) in [4.78, 5) is 15.6. The monoisotopic (exact) mass is 351 g/mol. The van der Waals surface area contributed by atoms with Gasteiger partial charge in [-0.3, -0.25) is 4.79 Å². The van der Waals surface area contributed by atoms with E-state index in [-0.39, 0.29) is 5.91 Å². The molecule has 3 rings (SSSR count). The van der Waals surface area contributed by atoms with Gasteiger partial charge in [0, 0.05) is 24.4 Å². The summed E-state index contributed by atoms with van der Waals surface area (Å²) < 4.78 is 1.79. The van der Waals surface area contributed by atoms with Crippen LogP contribution in [-0.4, -0.2) is 49.9 Å². The van der Waals surface area contributed by atoms with Crippen LogP contribution in [0.15, 0.2) is 22.7 Å². The van der Waals surface area contributed by atoms with Gasteiger partial charge in [-0.15, -0.1) is 16.4 Å². The Hall–Kier alpha value is -1.41. The zero-order valence-electron chi connectivity index (χ0n) is 13.2. The topological polar surface area (TPSA) is 63.9 Å². The molecular weight excluding hydrogens is 330 g/mol. The maximum absolute atomic E-state index is 12.3. The predicted octanol–water partition coefficient (Wildman–Crippen LogP) is 2.33. The fraction of sp³-hybridized carbons (Fsp3) is 0.600. The van der Waals surface area contributed by atoms with E-state index in [1.807, 2.05) is 11.0 Å². The molecule has 0 bridgehead atoms. The molecule has 23 heavy (non-hydrogen) atoms. The highest BCUT2D eigenvalue weighted by Crippen LogP contribution is 2.19. The van der Waals surface area contributed by atoms with Gasteiger partial charge in [0.2, 0.25) is 11.1 Å². The Balaban J connectivity index is 1.50. The van der Waals surface area contributed by atoms with Gasteiger partial charge in [0.05, 0.1) is 12.3 Å². The van der Waals surface area contributed by atoms with Crippen LogP contribution in [-0.2, 0) is 17.8 Å². The number of rotatable bonds is 6. The largest absolute Gasteiger partial charge is 0.342 e. The third-order valence-electron chi connectivity index (χ3n) is 3.98. The van der Waals surface area contributed by atoms with Gasteiger partial charge in [0.1, 0.15) is 0 Å². The Morgan fingerprint density at radius 1 is 1.52 bits per heavy atom. The van der Waals surface area contributed by atoms with E-state index in [0.717, 1.165) is 37.6 Å². The summed E-state index contributed by atoms with van der Waals surface area (Å²) in [7, 11) is 0. The quantitative estimate of drug-likeness (QED) is 0.748. The number of tetrazole rings is 1. The predicted molar refractivity (Wildman–Crippen MR) is 91.5 cm³/mol. The maximum atomic E-state index is 12.3. The molecule has 1 fully saturated rings. The van der Waals surface area contributed by atoms with Crippen molar-refractivity contribution in [2.45, 2.75) is 37.9 Å². The van der Waals surface area contributed by atoms with Crippen molar-refractivity contribution < 1.29 is 4.79 Å². The normalized spacial score (nSPS) is 18.3. The molecule has 0 aromatic carbocycles. The molecule has 0 aliphatic carbocycles. The number of amides is 1. The lowest BCUT2D eigenvalue weighted by Gasteiger charge is -2.30. The second-order valence-electron chi connectivity index (χ2n) is 5.89. The van der Waals surface area contributed by atoms with Crippen molar-refractivity contribution in [3.8, 4) is 0 Å². The minimum Gasteiger partial charge on any atom is -0.342 e. The number of hydrogen-bond donors (Lipinski definition) is 0. The van der Waals surface area contributed by atoms with Gasteiger partial charge in [-0.25, -0.2) is 4.68 Å². The Bertz CT molecular complexity index is 628. The van der Waals surface area contributed by atoms with Crippen molar-refractivity contribution in [3.05, 3.63) is 22.4 Å². The average Bonchev–Trinajstić information content (AvgIpc) is 3.22. The van der Waals surface area contributed by atoms with Gasteiger partial charge < -0.3 is 4.90 Å². The number of carbonyl (C=O) groups excluding carboxylic acids is 1. The number of aryl methyl sites for hydroxylation is 2. The van der Waals surface area contributed by atoms with Gasteiger partial charge >= 0.3 is 0 Å². The van der Waals surface area contributed by atoms with Gasteiger partial charge in [-0.05, 0) is 40.6 Å². The highest BCUT2D eigenvalue weighted by molar-refractivity contribution is 7.99. The van der Waals surface area contributed by atoms with Crippen molar-refractivity contribution in [1.29, 1.82) is 0 Å². The summed E-state index contributed by atoms with van der Waals surface area (Å²) in [6, 6.07) is 4.16. The molecule has 3 heterocycles. The molecular formula is C15H21N5OS2. The van der Waals surface area contributed by atoms with Crippen molar-refractivity contribution in [3.63, 3.8) is 0 Å². The lowest BCUT2D eigenvalue weighted by molar-refractivity contribution is -0.130. The molecule has 0 radical (unpaired) electrons. The Morgan fingerprint density at radius 3 is 3.22 bits per heavy atom. The standard InChI is InChI=1S/C15H21N5OS2/c1-12-4-2-7-19(10-12)14(21)11-23-15-16-17-18-20(15)8-6-13-5-3-9-22-13/h3,5,9,12H,2,4,6-8,10-11H2,1H3. The number of piperidine rings is 1. The Kier molecular flexibility index (Phi) is 5.66. The number of likely N-dealkylation sites (tertiary alicyclic amines) is 1. The van der Waals surface area contributed by atoms with Crippen LogP contribution in [0.3, 0.4) is 0 Å².